The molecule has 24 heteroatoms. The molecule has 18 nitrogen and oxygen atoms in total. The number of thiophene rings is 1. The predicted octanol–water partition coefficient (Wildman–Crippen LogP) is 10.9. The lowest BCUT2D eigenvalue weighted by Gasteiger charge is -2.36. The highest BCUT2D eigenvalue weighted by atomic mass is 79.9. The van der Waals surface area contributed by atoms with Crippen LogP contribution in [0.25, 0.3) is 10.1 Å². The largest absolute Gasteiger partial charge is 0.508 e. The third kappa shape index (κ3) is 13.0. The minimum Gasteiger partial charge on any atom is -0.508 e. The molecule has 2 atom stereocenters. The van der Waals surface area contributed by atoms with E-state index in [1.54, 1.807) is 75.4 Å². The molecule has 1 fully saturated rings. The quantitative estimate of drug-likeness (QED) is 0.0153. The molecular formula is C59H62BrF2N6O12PS2. The number of thiocarbonyl (C=S) groups is 1. The van der Waals surface area contributed by atoms with E-state index in [4.69, 9.17) is 21.7 Å². The van der Waals surface area contributed by atoms with E-state index < -0.39 is 59.7 Å². The van der Waals surface area contributed by atoms with Gasteiger partial charge in [-0.1, -0.05) is 74.5 Å². The van der Waals surface area contributed by atoms with E-state index in [0.717, 1.165) is 66.5 Å². The first-order valence-corrected chi connectivity index (χ1v) is 30.7. The molecule has 1 spiro atoms. The van der Waals surface area contributed by atoms with Crippen molar-refractivity contribution in [3.8, 4) is 23.0 Å². The molecule has 8 N–H and O–H groups in total. The maximum atomic E-state index is 14.6. The van der Waals surface area contributed by atoms with Gasteiger partial charge in [-0.3, -0.25) is 23.7 Å². The van der Waals surface area contributed by atoms with Gasteiger partial charge in [-0.05, 0) is 128 Å². The van der Waals surface area contributed by atoms with E-state index in [0.29, 0.717) is 80.9 Å². The van der Waals surface area contributed by atoms with Gasteiger partial charge in [0.25, 0.3) is 5.91 Å². The Balaban J connectivity index is 0.713. The number of anilines is 2. The summed E-state index contributed by atoms with van der Waals surface area (Å²) in [7, 11) is -5.83. The fourth-order valence-corrected chi connectivity index (χ4v) is 12.5. The van der Waals surface area contributed by atoms with Gasteiger partial charge >= 0.3 is 19.2 Å². The number of aromatic hydroxyl groups is 2. The van der Waals surface area contributed by atoms with Crippen LogP contribution in [0.15, 0.2) is 108 Å². The molecular weight excluding hydrogens is 1200 g/mol. The lowest BCUT2D eigenvalue weighted by atomic mass is 9.77. The Kier molecular flexibility index (Phi) is 18.0. The highest BCUT2D eigenvalue weighted by Crippen LogP contribution is 2.60. The smallest absolute Gasteiger partial charge is 0.399 e. The lowest BCUT2D eigenvalue weighted by Crippen LogP contribution is -2.58. The van der Waals surface area contributed by atoms with Crippen LogP contribution in [0.2, 0.25) is 0 Å². The van der Waals surface area contributed by atoms with Gasteiger partial charge in [-0.15, -0.1) is 11.3 Å². The van der Waals surface area contributed by atoms with Gasteiger partial charge in [0.1, 0.15) is 35.1 Å². The summed E-state index contributed by atoms with van der Waals surface area (Å²) in [4.78, 5) is 91.2. The number of fused-ring (bicyclic) bond motifs is 7. The second-order valence-electron chi connectivity index (χ2n) is 21.8. The van der Waals surface area contributed by atoms with Crippen LogP contribution in [-0.4, -0.2) is 97.9 Å². The molecule has 4 heterocycles. The van der Waals surface area contributed by atoms with Crippen molar-refractivity contribution in [2.45, 2.75) is 102 Å². The normalized spacial score (nSPS) is 15.6. The number of amides is 4. The molecule has 0 bridgehead atoms. The first kappa shape index (κ1) is 60.6. The molecule has 5 aromatic carbocycles. The summed E-state index contributed by atoms with van der Waals surface area (Å²) in [5.41, 5.74) is -4.48. The molecule has 83 heavy (non-hydrogen) atoms. The number of unbranched alkanes of at least 4 members (excludes halogenated alkanes) is 5. The molecule has 1 aromatic heterocycles. The number of halogens is 3. The minimum absolute atomic E-state index is 0.000413. The Morgan fingerprint density at radius 1 is 0.843 bits per heavy atom. The summed E-state index contributed by atoms with van der Waals surface area (Å²) in [6.07, 6.45) is 6.24. The van der Waals surface area contributed by atoms with Crippen molar-refractivity contribution in [2.75, 3.05) is 36.4 Å². The first-order valence-electron chi connectivity index (χ1n) is 27.1. The van der Waals surface area contributed by atoms with Gasteiger partial charge < -0.3 is 60.5 Å². The number of nitrogens with zero attached hydrogens (tertiary/aromatic N) is 2. The average Bonchev–Trinajstić information content (AvgIpc) is 1.82. The van der Waals surface area contributed by atoms with Crippen LogP contribution in [0, 0.1) is 5.41 Å². The highest BCUT2D eigenvalue weighted by Gasteiger charge is 2.54. The van der Waals surface area contributed by atoms with Crippen LogP contribution < -0.4 is 30.9 Å². The number of rotatable bonds is 20. The van der Waals surface area contributed by atoms with Crippen molar-refractivity contribution in [1.82, 2.24) is 20.9 Å². The standard InChI is InChI=1S/C59H62BrF2N6O12PS2/c1-57(2,3)51(66-52(72)49-30-34-29-35(12-23-48(34)83-49)59(61,62)81(76,77)78)54(74)68-27-10-11-45(68)53(73)67(38-16-13-36(60)14-17-38)28-24-50(71)63-25-8-6-4-5-7-9-26-64-56(82)65-37-15-20-42-41(31-37)55(75)80-58(42)43-21-18-39(69)32-46(43)79-47-33-40(70)19-22-44(47)58/h12-23,29-33,45,51,69-70H,4-11,24-28H2,1-3H3,(H,63,71)(H,66,72)(H2,64,65,82)(H2,76,77,78)/t45-,51+/m0/s1. The third-order valence-corrected chi connectivity index (χ3v) is 17.8. The Morgan fingerprint density at radius 3 is 2.11 bits per heavy atom. The van der Waals surface area contributed by atoms with Crippen LogP contribution in [0.5, 0.6) is 23.0 Å². The van der Waals surface area contributed by atoms with Gasteiger partial charge in [0.05, 0.1) is 10.4 Å². The Morgan fingerprint density at radius 2 is 1.47 bits per heavy atom. The number of phenolic OH excluding ortho intramolecular Hbond substituents is 2. The maximum absolute atomic E-state index is 14.6. The Labute approximate surface area is 495 Å². The zero-order valence-corrected chi connectivity index (χ0v) is 49.6. The van der Waals surface area contributed by atoms with Crippen LogP contribution >= 0.6 is 47.1 Å². The molecule has 0 saturated carbocycles. The SMILES string of the molecule is CC(C)(C)[C@H](NC(=O)c1cc2cc(C(F)(F)P(=O)(O)O)ccc2s1)C(=O)N1CCC[C@H]1C(=O)N(CCC(=O)NCCCCCCCCNC(=S)Nc1ccc2c(c1)C(=O)OC21c2ccc(O)cc2Oc2cc(O)ccc21)c1ccc(Br)cc1. The molecule has 6 aromatic rings. The number of hydrogen-bond donors (Lipinski definition) is 8. The number of phenols is 2. The molecule has 0 aliphatic carbocycles. The van der Waals surface area contributed by atoms with Crippen molar-refractivity contribution >= 4 is 103 Å². The number of hydrogen-bond acceptors (Lipinski definition) is 12. The second kappa shape index (κ2) is 24.7. The number of likely N-dealkylation sites (tertiary alicyclic amines) is 1. The van der Waals surface area contributed by atoms with Crippen LogP contribution in [0.3, 0.4) is 0 Å². The van der Waals surface area contributed by atoms with Crippen LogP contribution in [0.4, 0.5) is 20.2 Å². The van der Waals surface area contributed by atoms with Crippen LogP contribution in [0.1, 0.15) is 121 Å². The summed E-state index contributed by atoms with van der Waals surface area (Å²) in [5.74, 6) is -1.81. The van der Waals surface area contributed by atoms with Gasteiger partial charge in [-0.25, -0.2) is 4.79 Å². The molecule has 0 radical (unpaired) electrons. The number of carbonyl (C=O) groups is 5. The predicted molar refractivity (Wildman–Crippen MR) is 317 cm³/mol. The fraction of sp³-hybridized carbons (Fsp3) is 0.356. The second-order valence-corrected chi connectivity index (χ2v) is 25.8. The lowest BCUT2D eigenvalue weighted by molar-refractivity contribution is -0.141. The fourth-order valence-electron chi connectivity index (χ4n) is 10.6. The van der Waals surface area contributed by atoms with Gasteiger partial charge in [0, 0.05) is 87.5 Å². The number of carbonyl (C=O) groups excluding carboxylic acids is 5. The van der Waals surface area contributed by atoms with Gasteiger partial charge in [0.15, 0.2) is 10.7 Å². The number of esters is 1. The zero-order valence-electron chi connectivity index (χ0n) is 45.5. The van der Waals surface area contributed by atoms with Crippen LogP contribution in [-0.2, 0) is 35.0 Å². The molecule has 1 saturated heterocycles. The molecule has 0 unspecified atom stereocenters. The molecule has 3 aliphatic rings. The monoisotopic (exact) mass is 1260 g/mol. The molecule has 438 valence electrons. The van der Waals surface area contributed by atoms with E-state index in [1.165, 1.54) is 46.2 Å². The molecule has 9 rings (SSSR count). The minimum atomic E-state index is -5.83. The van der Waals surface area contributed by atoms with E-state index in [2.05, 4.69) is 37.2 Å². The van der Waals surface area contributed by atoms with Crippen molar-refractivity contribution < 1.29 is 66.8 Å². The summed E-state index contributed by atoms with van der Waals surface area (Å²) in [6, 6.07) is 23.9. The summed E-state index contributed by atoms with van der Waals surface area (Å²) >= 11 is 9.99. The van der Waals surface area contributed by atoms with Crippen molar-refractivity contribution in [2.24, 2.45) is 5.41 Å². The number of nitrogens with one attached hydrogen (secondary N) is 4. The maximum Gasteiger partial charge on any atom is 0.399 e. The molecule has 4 amide bonds. The topological polar surface area (TPSA) is 256 Å². The van der Waals surface area contributed by atoms with E-state index >= 15 is 0 Å². The summed E-state index contributed by atoms with van der Waals surface area (Å²) in [5, 5.41) is 33.2. The van der Waals surface area contributed by atoms with Gasteiger partial charge in [0.2, 0.25) is 17.7 Å². The van der Waals surface area contributed by atoms with Crippen molar-refractivity contribution in [3.05, 3.63) is 140 Å². The van der Waals surface area contributed by atoms with E-state index in [1.807, 2.05) is 0 Å². The molecule has 3 aliphatic heterocycles. The van der Waals surface area contributed by atoms with E-state index in [9.17, 15) is 57.3 Å². The number of benzene rings is 5. The Bertz CT molecular complexity index is 3510. The number of alkyl halides is 2. The summed E-state index contributed by atoms with van der Waals surface area (Å²) < 4.78 is 54.0. The first-order chi connectivity index (χ1) is 39.3. The third-order valence-electron chi connectivity index (χ3n) is 14.9. The zero-order chi connectivity index (χ0) is 59.6. The summed E-state index contributed by atoms with van der Waals surface area (Å²) in [6.45, 7) is 6.65. The van der Waals surface area contributed by atoms with Gasteiger partial charge in [-0.2, -0.15) is 8.78 Å². The van der Waals surface area contributed by atoms with Crippen molar-refractivity contribution in [1.29, 1.82) is 0 Å². The number of ether oxygens (including phenoxy) is 2. The van der Waals surface area contributed by atoms with E-state index in [-0.39, 0.29) is 53.1 Å². The highest BCUT2D eigenvalue weighted by molar-refractivity contribution is 9.10. The average molecular weight is 1260 g/mol. The van der Waals surface area contributed by atoms with Crippen molar-refractivity contribution in [3.63, 3.8) is 0 Å². The Hall–Kier alpha value is -7.01.